The molecule has 0 spiro atoms. The number of halogens is 3. The van der Waals surface area contributed by atoms with Crippen LogP contribution < -0.4 is 15.4 Å². The molecule has 0 aliphatic heterocycles. The maximum Gasteiger partial charge on any atom is 0.422 e. The Hall–Kier alpha value is -1.84. The highest BCUT2D eigenvalue weighted by Crippen LogP contribution is 2.57. The number of hydrogen-bond donors (Lipinski definition) is 2. The summed E-state index contributed by atoms with van der Waals surface area (Å²) in [6.07, 6.45) is 3.90. The van der Waals surface area contributed by atoms with Crippen LogP contribution in [0.1, 0.15) is 58.8 Å². The summed E-state index contributed by atoms with van der Waals surface area (Å²) in [5, 5.41) is 6.11. The summed E-state index contributed by atoms with van der Waals surface area (Å²) in [6, 6.07) is -0.298. The molecule has 0 saturated heterocycles. The van der Waals surface area contributed by atoms with Crippen LogP contribution in [0.2, 0.25) is 0 Å². The van der Waals surface area contributed by atoms with Crippen molar-refractivity contribution in [1.29, 1.82) is 0 Å². The predicted octanol–water partition coefficient (Wildman–Crippen LogP) is 4.42. The average Bonchev–Trinajstić information content (AvgIpc) is 2.68. The van der Waals surface area contributed by atoms with Crippen LogP contribution in [0.5, 0.6) is 6.01 Å². The van der Waals surface area contributed by atoms with Crippen molar-refractivity contribution in [2.75, 3.05) is 30.4 Å². The van der Waals surface area contributed by atoms with Gasteiger partial charge in [0.15, 0.2) is 6.61 Å². The average molecular weight is 444 g/mol. The zero-order valence-corrected chi connectivity index (χ0v) is 18.2. The van der Waals surface area contributed by atoms with E-state index in [9.17, 15) is 13.2 Å². The van der Waals surface area contributed by atoms with Gasteiger partial charge in [-0.1, -0.05) is 6.92 Å². The number of nitrogens with one attached hydrogen (secondary N) is 2. The summed E-state index contributed by atoms with van der Waals surface area (Å²) in [5.41, 5.74) is 0.0137. The molecule has 1 heterocycles. The van der Waals surface area contributed by atoms with Gasteiger partial charge in [-0.25, -0.2) is 0 Å². The van der Waals surface area contributed by atoms with E-state index in [4.69, 9.17) is 9.47 Å². The molecule has 0 amide bonds. The monoisotopic (exact) mass is 443 g/mol. The first-order valence-electron chi connectivity index (χ1n) is 11.3. The van der Waals surface area contributed by atoms with E-state index in [2.05, 4.69) is 25.6 Å². The van der Waals surface area contributed by atoms with Gasteiger partial charge in [0, 0.05) is 12.6 Å². The molecule has 5 rings (SSSR count). The second-order valence-electron chi connectivity index (χ2n) is 9.50. The van der Waals surface area contributed by atoms with Crippen molar-refractivity contribution in [1.82, 2.24) is 15.0 Å². The Balaban J connectivity index is 1.33. The highest BCUT2D eigenvalue weighted by molar-refractivity contribution is 5.36. The first-order valence-corrected chi connectivity index (χ1v) is 11.3. The van der Waals surface area contributed by atoms with E-state index in [-0.39, 0.29) is 29.6 Å². The summed E-state index contributed by atoms with van der Waals surface area (Å²) in [7, 11) is 0. The van der Waals surface area contributed by atoms with Gasteiger partial charge >= 0.3 is 12.2 Å². The lowest BCUT2D eigenvalue weighted by molar-refractivity contribution is -0.159. The van der Waals surface area contributed by atoms with Crippen LogP contribution in [0.25, 0.3) is 0 Å². The van der Waals surface area contributed by atoms with E-state index < -0.39 is 12.8 Å². The van der Waals surface area contributed by atoms with Gasteiger partial charge in [0.1, 0.15) is 0 Å². The molecule has 1 unspecified atom stereocenters. The zero-order valence-electron chi connectivity index (χ0n) is 18.2. The molecule has 10 heteroatoms. The van der Waals surface area contributed by atoms with Crippen LogP contribution in [0, 0.1) is 17.8 Å². The summed E-state index contributed by atoms with van der Waals surface area (Å²) in [4.78, 5) is 12.2. The van der Waals surface area contributed by atoms with Gasteiger partial charge in [-0.3, -0.25) is 0 Å². The fourth-order valence-corrected chi connectivity index (χ4v) is 5.67. The molecule has 31 heavy (non-hydrogen) atoms. The van der Waals surface area contributed by atoms with Crippen LogP contribution >= 0.6 is 0 Å². The van der Waals surface area contributed by atoms with Crippen molar-refractivity contribution >= 4 is 11.9 Å². The van der Waals surface area contributed by atoms with Crippen molar-refractivity contribution < 1.29 is 22.6 Å². The molecule has 0 radical (unpaired) electrons. The van der Waals surface area contributed by atoms with Gasteiger partial charge in [0.05, 0.1) is 12.2 Å². The molecule has 1 aromatic heterocycles. The van der Waals surface area contributed by atoms with Crippen LogP contribution in [0.3, 0.4) is 0 Å². The second kappa shape index (κ2) is 8.96. The van der Waals surface area contributed by atoms with Crippen LogP contribution in [0.4, 0.5) is 25.1 Å². The Morgan fingerprint density at radius 2 is 1.65 bits per heavy atom. The lowest BCUT2D eigenvalue weighted by atomic mass is 9.54. The lowest BCUT2D eigenvalue weighted by Gasteiger charge is -2.56. The van der Waals surface area contributed by atoms with Gasteiger partial charge in [-0.05, 0) is 69.6 Å². The van der Waals surface area contributed by atoms with Crippen molar-refractivity contribution in [3.05, 3.63) is 0 Å². The Morgan fingerprint density at radius 1 is 1.03 bits per heavy atom. The molecule has 174 valence electrons. The van der Waals surface area contributed by atoms with Gasteiger partial charge in [0.25, 0.3) is 0 Å². The molecular weight excluding hydrogens is 411 g/mol. The van der Waals surface area contributed by atoms with E-state index >= 15 is 0 Å². The Kier molecular flexibility index (Phi) is 6.46. The first-order chi connectivity index (χ1) is 14.7. The Bertz CT molecular complexity index is 726. The predicted molar refractivity (Wildman–Crippen MR) is 110 cm³/mol. The highest BCUT2D eigenvalue weighted by Gasteiger charge is 2.51. The molecular formula is C21H32F3N5O2. The minimum absolute atomic E-state index is 0.0137. The number of rotatable bonds is 10. The van der Waals surface area contributed by atoms with Crippen LogP contribution in [-0.2, 0) is 4.74 Å². The molecule has 4 bridgehead atoms. The minimum Gasteiger partial charge on any atom is -0.454 e. The van der Waals surface area contributed by atoms with Crippen molar-refractivity contribution in [3.63, 3.8) is 0 Å². The highest BCUT2D eigenvalue weighted by atomic mass is 19.4. The van der Waals surface area contributed by atoms with E-state index in [1.54, 1.807) is 0 Å². The fourth-order valence-electron chi connectivity index (χ4n) is 5.67. The number of alkyl halides is 3. The van der Waals surface area contributed by atoms with Gasteiger partial charge in [-0.2, -0.15) is 28.1 Å². The lowest BCUT2D eigenvalue weighted by Crippen LogP contribution is -2.52. The third-order valence-corrected chi connectivity index (χ3v) is 6.74. The fraction of sp³-hybridized carbons (Fsp3) is 0.857. The largest absolute Gasteiger partial charge is 0.454 e. The summed E-state index contributed by atoms with van der Waals surface area (Å²) < 4.78 is 48.7. The van der Waals surface area contributed by atoms with E-state index in [1.807, 2.05) is 13.8 Å². The normalized spacial score (nSPS) is 30.3. The summed E-state index contributed by atoms with van der Waals surface area (Å²) in [6.45, 7) is 3.44. The van der Waals surface area contributed by atoms with Crippen LogP contribution in [-0.4, -0.2) is 52.5 Å². The molecule has 7 nitrogen and oxygen atoms in total. The zero-order chi connectivity index (χ0) is 22.1. The number of hydrogen-bond acceptors (Lipinski definition) is 7. The molecule has 1 atom stereocenters. The molecule has 4 aliphatic carbocycles. The molecule has 4 saturated carbocycles. The maximum atomic E-state index is 12.5. The SMILES string of the molecule is CCC(C)Nc1nc(NCCOC23CC4CC(CC(C4)C2)C3)nc(OCC(F)(F)F)n1. The minimum atomic E-state index is -4.46. The molecule has 4 aliphatic rings. The van der Waals surface area contributed by atoms with Gasteiger partial charge < -0.3 is 20.1 Å². The summed E-state index contributed by atoms with van der Waals surface area (Å²) >= 11 is 0. The molecule has 4 fully saturated rings. The van der Waals surface area contributed by atoms with Gasteiger partial charge in [0.2, 0.25) is 11.9 Å². The quantitative estimate of drug-likeness (QED) is 0.518. The topological polar surface area (TPSA) is 81.2 Å². The summed E-state index contributed by atoms with van der Waals surface area (Å²) in [5.74, 6) is 2.79. The van der Waals surface area contributed by atoms with Crippen molar-refractivity contribution in [2.45, 2.75) is 76.6 Å². The molecule has 1 aromatic rings. The van der Waals surface area contributed by atoms with Crippen molar-refractivity contribution in [3.8, 4) is 6.01 Å². The van der Waals surface area contributed by atoms with E-state index in [0.29, 0.717) is 13.2 Å². The molecule has 0 aromatic carbocycles. The Labute approximate surface area is 180 Å². The first kappa shape index (κ1) is 22.4. The van der Waals surface area contributed by atoms with Crippen LogP contribution in [0.15, 0.2) is 0 Å². The standard InChI is InChI=1S/C21H32F3N5O2/c1-3-13(2)26-18-27-17(28-19(29-18)30-12-21(22,23)24)25-4-5-31-20-9-14-6-15(10-20)8-16(7-14)11-20/h13-16H,3-12H2,1-2H3,(H2,25,26,27,28,29). The van der Waals surface area contributed by atoms with E-state index in [0.717, 1.165) is 43.4 Å². The second-order valence-corrected chi connectivity index (χ2v) is 9.50. The Morgan fingerprint density at radius 3 is 2.23 bits per heavy atom. The number of ether oxygens (including phenoxy) is 2. The third kappa shape index (κ3) is 5.90. The molecule has 2 N–H and O–H groups in total. The third-order valence-electron chi connectivity index (χ3n) is 6.74. The number of aromatic nitrogens is 3. The van der Waals surface area contributed by atoms with Gasteiger partial charge in [-0.15, -0.1) is 0 Å². The van der Waals surface area contributed by atoms with Crippen molar-refractivity contribution in [2.24, 2.45) is 17.8 Å². The number of anilines is 2. The number of nitrogens with zero attached hydrogens (tertiary/aromatic N) is 3. The van der Waals surface area contributed by atoms with E-state index in [1.165, 1.54) is 19.3 Å². The smallest absolute Gasteiger partial charge is 0.422 e. The maximum absolute atomic E-state index is 12.5.